The molecule has 1 aliphatic heterocycles. The van der Waals surface area contributed by atoms with Crippen LogP contribution in [0.25, 0.3) is 10.9 Å². The standard InChI is InChI=1S/C26H31FN2O3S2/c1-32-19-9-10-23-21(16-19)20(22(27)17-28-23)6-2-7-24-18(15-25(30)31)5-3-11-29(24)12-14-34-26-8-4-13-33-26/h4,8-10,13,16-18,24H,2-3,5-7,11-12,14-15H2,1H3,(H,30,31). The van der Waals surface area contributed by atoms with Crippen molar-refractivity contribution >= 4 is 40.0 Å². The van der Waals surface area contributed by atoms with Gasteiger partial charge in [0.1, 0.15) is 11.6 Å². The number of aryl methyl sites for hydroxylation is 1. The average Bonchev–Trinajstić information content (AvgIpc) is 3.34. The van der Waals surface area contributed by atoms with Crippen LogP contribution in [0.4, 0.5) is 4.39 Å². The summed E-state index contributed by atoms with van der Waals surface area (Å²) in [6.45, 7) is 1.93. The van der Waals surface area contributed by atoms with Gasteiger partial charge in [-0.1, -0.05) is 6.07 Å². The SMILES string of the molecule is COc1ccc2ncc(F)c(CCCC3C(CC(=O)O)CCCN3CCSc3cccs3)c2c1. The Balaban J connectivity index is 1.45. The summed E-state index contributed by atoms with van der Waals surface area (Å²) >= 11 is 3.61. The zero-order valence-corrected chi connectivity index (χ0v) is 21.0. The third-order valence-corrected chi connectivity index (χ3v) is 8.76. The van der Waals surface area contributed by atoms with Crippen LogP contribution in [0.15, 0.2) is 46.1 Å². The van der Waals surface area contributed by atoms with Gasteiger partial charge < -0.3 is 9.84 Å². The molecule has 1 aliphatic rings. The summed E-state index contributed by atoms with van der Waals surface area (Å²) in [7, 11) is 1.60. The molecule has 1 fully saturated rings. The first-order chi connectivity index (χ1) is 16.5. The van der Waals surface area contributed by atoms with E-state index in [4.69, 9.17) is 4.74 Å². The van der Waals surface area contributed by atoms with Gasteiger partial charge in [-0.15, -0.1) is 23.1 Å². The summed E-state index contributed by atoms with van der Waals surface area (Å²) < 4.78 is 21.4. The number of carboxylic acids is 1. The van der Waals surface area contributed by atoms with Crippen molar-refractivity contribution in [2.45, 2.75) is 48.8 Å². The first-order valence-electron chi connectivity index (χ1n) is 11.8. The minimum absolute atomic E-state index is 0.136. The number of benzene rings is 1. The molecule has 4 rings (SSSR count). The van der Waals surface area contributed by atoms with Crippen LogP contribution in [0.5, 0.6) is 5.75 Å². The fraction of sp³-hybridized carbons (Fsp3) is 0.462. The van der Waals surface area contributed by atoms with Gasteiger partial charge in [-0.3, -0.25) is 14.7 Å². The van der Waals surface area contributed by atoms with E-state index in [-0.39, 0.29) is 24.2 Å². The fourth-order valence-corrected chi connectivity index (χ4v) is 6.89. The number of piperidine rings is 1. The number of thioether (sulfide) groups is 1. The number of rotatable bonds is 11. The molecule has 2 atom stereocenters. The molecule has 1 saturated heterocycles. The molecule has 0 amide bonds. The highest BCUT2D eigenvalue weighted by Crippen LogP contribution is 2.32. The minimum atomic E-state index is -0.733. The molecule has 2 aromatic heterocycles. The summed E-state index contributed by atoms with van der Waals surface area (Å²) in [5.41, 5.74) is 1.42. The molecule has 8 heteroatoms. The number of fused-ring (bicyclic) bond motifs is 1. The first-order valence-corrected chi connectivity index (χ1v) is 13.6. The Bertz CT molecular complexity index is 1090. The second-order valence-electron chi connectivity index (χ2n) is 8.74. The quantitative estimate of drug-likeness (QED) is 0.319. The summed E-state index contributed by atoms with van der Waals surface area (Å²) in [5.74, 6) is 0.778. The van der Waals surface area contributed by atoms with E-state index in [0.29, 0.717) is 17.7 Å². The van der Waals surface area contributed by atoms with E-state index >= 15 is 0 Å². The summed E-state index contributed by atoms with van der Waals surface area (Å²) in [6.07, 6.45) is 5.70. The van der Waals surface area contributed by atoms with Crippen molar-refractivity contribution in [1.82, 2.24) is 9.88 Å². The maximum absolute atomic E-state index is 14.8. The lowest BCUT2D eigenvalue weighted by atomic mass is 9.83. The minimum Gasteiger partial charge on any atom is -0.497 e. The second kappa shape index (κ2) is 12.0. The monoisotopic (exact) mass is 502 g/mol. The highest BCUT2D eigenvalue weighted by atomic mass is 32.2. The second-order valence-corrected chi connectivity index (χ2v) is 11.1. The van der Waals surface area contributed by atoms with Crippen molar-refractivity contribution in [2.75, 3.05) is 26.0 Å². The number of carbonyl (C=O) groups is 1. The van der Waals surface area contributed by atoms with Gasteiger partial charge in [0.25, 0.3) is 0 Å². The number of thiophene rings is 1. The third-order valence-electron chi connectivity index (χ3n) is 6.65. The predicted molar refractivity (Wildman–Crippen MR) is 137 cm³/mol. The zero-order valence-electron chi connectivity index (χ0n) is 19.4. The average molecular weight is 503 g/mol. The van der Waals surface area contributed by atoms with E-state index in [2.05, 4.69) is 27.4 Å². The summed E-state index contributed by atoms with van der Waals surface area (Å²) in [5, 5.41) is 12.4. The number of halogens is 1. The molecule has 3 heterocycles. The number of carboxylic acid groups (broad SMARTS) is 1. The zero-order chi connectivity index (χ0) is 23.9. The molecule has 0 bridgehead atoms. The van der Waals surface area contributed by atoms with Gasteiger partial charge in [0.2, 0.25) is 0 Å². The maximum atomic E-state index is 14.8. The van der Waals surface area contributed by atoms with Crippen molar-refractivity contribution in [3.05, 3.63) is 53.3 Å². The number of nitrogens with zero attached hydrogens (tertiary/aromatic N) is 2. The Morgan fingerprint density at radius 3 is 3.03 bits per heavy atom. The molecule has 182 valence electrons. The van der Waals surface area contributed by atoms with Crippen LogP contribution >= 0.6 is 23.1 Å². The number of ether oxygens (including phenoxy) is 1. The normalized spacial score (nSPS) is 18.9. The lowest BCUT2D eigenvalue weighted by Gasteiger charge is -2.41. The lowest BCUT2D eigenvalue weighted by molar-refractivity contribution is -0.139. The third kappa shape index (κ3) is 6.29. The lowest BCUT2D eigenvalue weighted by Crippen LogP contribution is -2.46. The van der Waals surface area contributed by atoms with E-state index in [1.165, 1.54) is 10.4 Å². The first kappa shape index (κ1) is 24.9. The Morgan fingerprint density at radius 1 is 1.38 bits per heavy atom. The highest BCUT2D eigenvalue weighted by Gasteiger charge is 2.32. The van der Waals surface area contributed by atoms with E-state index in [1.807, 2.05) is 30.0 Å². The molecule has 0 aliphatic carbocycles. The molecule has 0 saturated carbocycles. The van der Waals surface area contributed by atoms with E-state index in [1.54, 1.807) is 18.4 Å². The van der Waals surface area contributed by atoms with Gasteiger partial charge in [-0.2, -0.15) is 0 Å². The summed E-state index contributed by atoms with van der Waals surface area (Å²) in [6, 6.07) is 9.95. The van der Waals surface area contributed by atoms with Gasteiger partial charge in [-0.05, 0) is 79.8 Å². The van der Waals surface area contributed by atoms with Gasteiger partial charge in [-0.25, -0.2) is 4.39 Å². The van der Waals surface area contributed by atoms with E-state index in [9.17, 15) is 14.3 Å². The number of hydrogen-bond donors (Lipinski definition) is 1. The molecule has 34 heavy (non-hydrogen) atoms. The van der Waals surface area contributed by atoms with Crippen LogP contribution < -0.4 is 4.74 Å². The molecular formula is C26H31FN2O3S2. The Kier molecular flexibility index (Phi) is 8.80. The number of aliphatic carboxylic acids is 1. The van der Waals surface area contributed by atoms with Gasteiger partial charge in [0, 0.05) is 30.1 Å². The van der Waals surface area contributed by atoms with Crippen molar-refractivity contribution in [3.8, 4) is 5.75 Å². The largest absolute Gasteiger partial charge is 0.497 e. The van der Waals surface area contributed by atoms with Crippen LogP contribution in [-0.4, -0.2) is 53.0 Å². The van der Waals surface area contributed by atoms with Gasteiger partial charge >= 0.3 is 5.97 Å². The number of methoxy groups -OCH3 is 1. The van der Waals surface area contributed by atoms with Crippen molar-refractivity contribution in [3.63, 3.8) is 0 Å². The van der Waals surface area contributed by atoms with Crippen LogP contribution in [0, 0.1) is 11.7 Å². The number of pyridine rings is 1. The molecule has 0 spiro atoms. The smallest absolute Gasteiger partial charge is 0.303 e. The topological polar surface area (TPSA) is 62.7 Å². The molecule has 5 nitrogen and oxygen atoms in total. The van der Waals surface area contributed by atoms with Crippen LogP contribution in [0.2, 0.25) is 0 Å². The molecule has 1 aromatic carbocycles. The molecule has 0 radical (unpaired) electrons. The number of likely N-dealkylation sites (tertiary alicyclic amines) is 1. The highest BCUT2D eigenvalue weighted by molar-refractivity contribution is 8.01. The van der Waals surface area contributed by atoms with Gasteiger partial charge in [0.05, 0.1) is 23.0 Å². The Morgan fingerprint density at radius 2 is 2.26 bits per heavy atom. The number of hydrogen-bond acceptors (Lipinski definition) is 6. The molecule has 2 unspecified atom stereocenters. The van der Waals surface area contributed by atoms with Crippen molar-refractivity contribution in [2.24, 2.45) is 5.92 Å². The van der Waals surface area contributed by atoms with Gasteiger partial charge in [0.15, 0.2) is 0 Å². The van der Waals surface area contributed by atoms with Crippen molar-refractivity contribution in [1.29, 1.82) is 0 Å². The molecule has 3 aromatic rings. The van der Waals surface area contributed by atoms with Crippen LogP contribution in [0.1, 0.15) is 37.7 Å². The van der Waals surface area contributed by atoms with Crippen LogP contribution in [-0.2, 0) is 11.2 Å². The predicted octanol–water partition coefficient (Wildman–Crippen LogP) is 6.11. The maximum Gasteiger partial charge on any atom is 0.303 e. The molecule has 1 N–H and O–H groups in total. The number of aromatic nitrogens is 1. The van der Waals surface area contributed by atoms with E-state index < -0.39 is 5.97 Å². The Labute approximate surface area is 208 Å². The molecular weight excluding hydrogens is 471 g/mol. The van der Waals surface area contributed by atoms with E-state index in [0.717, 1.165) is 55.4 Å². The fourth-order valence-electron chi connectivity index (χ4n) is 5.05. The Hall–Kier alpha value is -2.16. The summed E-state index contributed by atoms with van der Waals surface area (Å²) in [4.78, 5) is 18.2. The van der Waals surface area contributed by atoms with Crippen LogP contribution in [0.3, 0.4) is 0 Å². The van der Waals surface area contributed by atoms with Crippen molar-refractivity contribution < 1.29 is 19.0 Å².